The molecule has 3 N–H and O–H groups in total. The van der Waals surface area contributed by atoms with Gasteiger partial charge in [0.2, 0.25) is 5.91 Å². The van der Waals surface area contributed by atoms with Gasteiger partial charge in [0.05, 0.1) is 10.4 Å². The van der Waals surface area contributed by atoms with Crippen molar-refractivity contribution in [3.8, 4) is 0 Å². The number of anilines is 2. The topological polar surface area (TPSA) is 68.0 Å². The number of aromatic nitrogens is 1. The molecular formula is C10H11N3OS. The summed E-state index contributed by atoms with van der Waals surface area (Å²) in [5, 5.41) is 3.25. The highest BCUT2D eigenvalue weighted by Gasteiger charge is 2.07. The monoisotopic (exact) mass is 221 g/mol. The predicted molar refractivity (Wildman–Crippen MR) is 63.1 cm³/mol. The van der Waals surface area contributed by atoms with Crippen molar-refractivity contribution >= 4 is 38.3 Å². The number of fused-ring (bicyclic) bond motifs is 1. The third kappa shape index (κ3) is 1.92. The first kappa shape index (κ1) is 9.92. The molecule has 1 heterocycles. The van der Waals surface area contributed by atoms with Crippen LogP contribution >= 0.6 is 11.3 Å². The number of carbonyl (C=O) groups excluding carboxylic acids is 1. The van der Waals surface area contributed by atoms with Crippen LogP contribution in [-0.2, 0) is 4.79 Å². The lowest BCUT2D eigenvalue weighted by atomic mass is 10.2. The van der Waals surface area contributed by atoms with Crippen molar-refractivity contribution in [2.75, 3.05) is 11.1 Å². The molecule has 2 aromatic rings. The number of amides is 1. The molecule has 1 aromatic carbocycles. The Labute approximate surface area is 91.1 Å². The average Bonchev–Trinajstić information content (AvgIpc) is 2.45. The van der Waals surface area contributed by atoms with Crippen LogP contribution in [0.4, 0.5) is 10.8 Å². The molecule has 4 nitrogen and oxygen atoms in total. The largest absolute Gasteiger partial charge is 0.397 e. The lowest BCUT2D eigenvalue weighted by molar-refractivity contribution is -0.114. The van der Waals surface area contributed by atoms with Gasteiger partial charge in [0.25, 0.3) is 0 Å². The molecule has 0 fully saturated rings. The minimum Gasteiger partial charge on any atom is -0.397 e. The number of nitrogens with one attached hydrogen (secondary N) is 1. The van der Waals surface area contributed by atoms with Crippen molar-refractivity contribution in [2.24, 2.45) is 0 Å². The van der Waals surface area contributed by atoms with Gasteiger partial charge in [-0.1, -0.05) is 11.3 Å². The smallest absolute Gasteiger partial charge is 0.223 e. The molecule has 0 spiro atoms. The standard InChI is InChI=1S/C10H11N3OS/c1-5-3-7(11)9-8(4-5)15-10(13-9)12-6(2)14/h3-4H,11H2,1-2H3,(H,12,13,14). The molecule has 0 bridgehead atoms. The molecule has 78 valence electrons. The molecule has 5 heteroatoms. The van der Waals surface area contributed by atoms with Gasteiger partial charge in [-0.25, -0.2) is 4.98 Å². The fraction of sp³-hybridized carbons (Fsp3) is 0.200. The van der Waals surface area contributed by atoms with Crippen LogP contribution in [-0.4, -0.2) is 10.9 Å². The van der Waals surface area contributed by atoms with Gasteiger partial charge in [0.15, 0.2) is 5.13 Å². The van der Waals surface area contributed by atoms with Crippen molar-refractivity contribution in [1.29, 1.82) is 0 Å². The fourth-order valence-electron chi connectivity index (χ4n) is 1.40. The van der Waals surface area contributed by atoms with Gasteiger partial charge in [-0.2, -0.15) is 0 Å². The van der Waals surface area contributed by atoms with Gasteiger partial charge in [0.1, 0.15) is 5.52 Å². The third-order valence-corrected chi connectivity index (χ3v) is 2.87. The van der Waals surface area contributed by atoms with Gasteiger partial charge in [-0.05, 0) is 24.6 Å². The Hall–Kier alpha value is -1.62. The van der Waals surface area contributed by atoms with E-state index >= 15 is 0 Å². The maximum absolute atomic E-state index is 10.9. The lowest BCUT2D eigenvalue weighted by Gasteiger charge is -1.95. The van der Waals surface area contributed by atoms with Crippen LogP contribution in [0.3, 0.4) is 0 Å². The van der Waals surface area contributed by atoms with Crippen LogP contribution in [0.1, 0.15) is 12.5 Å². The summed E-state index contributed by atoms with van der Waals surface area (Å²) in [7, 11) is 0. The van der Waals surface area contributed by atoms with Crippen LogP contribution < -0.4 is 11.1 Å². The zero-order valence-corrected chi connectivity index (χ0v) is 9.31. The molecule has 15 heavy (non-hydrogen) atoms. The Kier molecular flexibility index (Phi) is 2.32. The Morgan fingerprint density at radius 3 is 2.93 bits per heavy atom. The number of thiazole rings is 1. The molecule has 0 radical (unpaired) electrons. The number of aryl methyl sites for hydroxylation is 1. The van der Waals surface area contributed by atoms with E-state index in [1.54, 1.807) is 0 Å². The molecule has 1 aromatic heterocycles. The van der Waals surface area contributed by atoms with Crippen LogP contribution in [0.5, 0.6) is 0 Å². The summed E-state index contributed by atoms with van der Waals surface area (Å²) >= 11 is 1.43. The quantitative estimate of drug-likeness (QED) is 0.725. The van der Waals surface area contributed by atoms with Crippen LogP contribution in [0.15, 0.2) is 12.1 Å². The first-order valence-corrected chi connectivity index (χ1v) is 5.32. The van der Waals surface area contributed by atoms with E-state index in [1.807, 2.05) is 19.1 Å². The van der Waals surface area contributed by atoms with Crippen molar-refractivity contribution in [2.45, 2.75) is 13.8 Å². The highest BCUT2D eigenvalue weighted by Crippen LogP contribution is 2.30. The van der Waals surface area contributed by atoms with E-state index in [1.165, 1.54) is 18.3 Å². The molecule has 1 amide bonds. The van der Waals surface area contributed by atoms with E-state index in [-0.39, 0.29) is 5.91 Å². The lowest BCUT2D eigenvalue weighted by Crippen LogP contribution is -2.04. The molecule has 0 aliphatic carbocycles. The van der Waals surface area contributed by atoms with E-state index in [9.17, 15) is 4.79 Å². The van der Waals surface area contributed by atoms with Crippen molar-refractivity contribution < 1.29 is 4.79 Å². The highest BCUT2D eigenvalue weighted by atomic mass is 32.1. The minimum absolute atomic E-state index is 0.121. The van der Waals surface area contributed by atoms with E-state index in [2.05, 4.69) is 10.3 Å². The molecule has 0 aliphatic heterocycles. The van der Waals surface area contributed by atoms with Crippen molar-refractivity contribution in [1.82, 2.24) is 4.98 Å². The Balaban J connectivity index is 2.55. The fourth-order valence-corrected chi connectivity index (χ4v) is 2.45. The van der Waals surface area contributed by atoms with Gasteiger partial charge >= 0.3 is 0 Å². The second-order valence-electron chi connectivity index (χ2n) is 3.40. The zero-order chi connectivity index (χ0) is 11.0. The summed E-state index contributed by atoms with van der Waals surface area (Å²) in [5.74, 6) is -0.121. The Bertz CT molecular complexity index is 533. The summed E-state index contributed by atoms with van der Waals surface area (Å²) < 4.78 is 0.997. The Morgan fingerprint density at radius 2 is 2.27 bits per heavy atom. The zero-order valence-electron chi connectivity index (χ0n) is 8.50. The van der Waals surface area contributed by atoms with E-state index in [0.29, 0.717) is 10.8 Å². The summed E-state index contributed by atoms with van der Waals surface area (Å²) in [5.41, 5.74) is 8.34. The van der Waals surface area contributed by atoms with E-state index < -0.39 is 0 Å². The molecule has 0 saturated heterocycles. The first-order valence-electron chi connectivity index (χ1n) is 4.50. The summed E-state index contributed by atoms with van der Waals surface area (Å²) in [6, 6.07) is 3.88. The summed E-state index contributed by atoms with van der Waals surface area (Å²) in [6.45, 7) is 3.44. The second-order valence-corrected chi connectivity index (χ2v) is 4.43. The van der Waals surface area contributed by atoms with Crippen LogP contribution in [0.25, 0.3) is 10.2 Å². The SMILES string of the molecule is CC(=O)Nc1nc2c(N)cc(C)cc2s1. The number of rotatable bonds is 1. The number of nitrogen functional groups attached to an aromatic ring is 1. The van der Waals surface area contributed by atoms with Gasteiger partial charge in [-0.3, -0.25) is 4.79 Å². The molecule has 2 rings (SSSR count). The summed E-state index contributed by atoms with van der Waals surface area (Å²) in [4.78, 5) is 15.1. The highest BCUT2D eigenvalue weighted by molar-refractivity contribution is 7.22. The molecule has 0 unspecified atom stereocenters. The van der Waals surface area contributed by atoms with E-state index in [0.717, 1.165) is 15.8 Å². The van der Waals surface area contributed by atoms with Crippen molar-refractivity contribution in [3.05, 3.63) is 17.7 Å². The normalized spacial score (nSPS) is 10.5. The molecular weight excluding hydrogens is 210 g/mol. The number of benzene rings is 1. The van der Waals surface area contributed by atoms with Crippen LogP contribution in [0, 0.1) is 6.92 Å². The van der Waals surface area contributed by atoms with Crippen molar-refractivity contribution in [3.63, 3.8) is 0 Å². The summed E-state index contributed by atoms with van der Waals surface area (Å²) in [6.07, 6.45) is 0. The van der Waals surface area contributed by atoms with Crippen LogP contribution in [0.2, 0.25) is 0 Å². The Morgan fingerprint density at radius 1 is 1.53 bits per heavy atom. The molecule has 0 saturated carbocycles. The van der Waals surface area contributed by atoms with Gasteiger partial charge in [0, 0.05) is 6.92 Å². The number of nitrogens with two attached hydrogens (primary N) is 1. The number of carbonyl (C=O) groups is 1. The third-order valence-electron chi connectivity index (χ3n) is 1.95. The van der Waals surface area contributed by atoms with Gasteiger partial charge in [-0.15, -0.1) is 0 Å². The average molecular weight is 221 g/mol. The maximum Gasteiger partial charge on any atom is 0.223 e. The number of nitrogens with zero attached hydrogens (tertiary/aromatic N) is 1. The minimum atomic E-state index is -0.121. The van der Waals surface area contributed by atoms with Gasteiger partial charge < -0.3 is 11.1 Å². The molecule has 0 atom stereocenters. The number of hydrogen-bond acceptors (Lipinski definition) is 4. The number of hydrogen-bond donors (Lipinski definition) is 2. The predicted octanol–water partition coefficient (Wildman–Crippen LogP) is 2.15. The molecule has 0 aliphatic rings. The second kappa shape index (κ2) is 3.51. The van der Waals surface area contributed by atoms with E-state index in [4.69, 9.17) is 5.73 Å². The maximum atomic E-state index is 10.9. The first-order chi connectivity index (χ1) is 7.06.